The van der Waals surface area contributed by atoms with Gasteiger partial charge in [0.25, 0.3) is 11.7 Å². The Morgan fingerprint density at radius 2 is 1.61 bits per heavy atom. The van der Waals surface area contributed by atoms with Crippen molar-refractivity contribution in [3.63, 3.8) is 0 Å². The summed E-state index contributed by atoms with van der Waals surface area (Å²) in [5.74, 6) is -7.52. The minimum absolute atomic E-state index is 0.00854. The van der Waals surface area contributed by atoms with Crippen molar-refractivity contribution in [2.24, 2.45) is 29.6 Å². The van der Waals surface area contributed by atoms with Crippen LogP contribution in [0.15, 0.2) is 47.6 Å². The summed E-state index contributed by atoms with van der Waals surface area (Å²) in [6.07, 6.45) is 9.80. The average Bonchev–Trinajstić information content (AvgIpc) is 3.34. The van der Waals surface area contributed by atoms with Crippen LogP contribution in [0.5, 0.6) is 0 Å². The predicted molar refractivity (Wildman–Crippen MR) is 260 cm³/mol. The fourth-order valence-electron chi connectivity index (χ4n) is 10.2. The highest BCUT2D eigenvalue weighted by atomic mass is 16.7. The standard InChI is InChI=1S/C53H82N2O15/c1-32-17-13-12-14-18-33(2)43(64-8)31-40-24-21-37(6)53(63,70-40)49(59)50(60)55-26-16-15-19-41(55)51(61)68-44(30-39(56)23-20-34(3)46(57)48(66-10)47(58)36(5)27-32)35(4)28-38-22-25-42(45(29-38)65-9)69-52(62)54(7)67-11/h12-14,17-18,20,32,35-38,40-46,48,57,63H,15-16,19,21-31H2,1-11H3/b14-12+,17-13+,33-18+,34-20+/t32-,35-,36?,37-,38+,40+,41?,42-,43+,44+,45-,46-,48?,53-/m1/s1. The molecule has 0 aromatic rings. The van der Waals surface area contributed by atoms with Gasteiger partial charge >= 0.3 is 12.1 Å². The van der Waals surface area contributed by atoms with E-state index in [1.54, 1.807) is 41.1 Å². The van der Waals surface area contributed by atoms with Gasteiger partial charge in [-0.3, -0.25) is 24.0 Å². The number of carbonyl (C=O) groups excluding carboxylic acids is 6. The second kappa shape index (κ2) is 27.6. The van der Waals surface area contributed by atoms with E-state index >= 15 is 0 Å². The van der Waals surface area contributed by atoms with E-state index in [1.165, 1.54) is 26.2 Å². The zero-order valence-electron chi connectivity index (χ0n) is 43.5. The minimum atomic E-state index is -2.45. The lowest BCUT2D eigenvalue weighted by Gasteiger charge is -2.42. The summed E-state index contributed by atoms with van der Waals surface area (Å²) in [6, 6.07) is -1.17. The summed E-state index contributed by atoms with van der Waals surface area (Å²) in [4.78, 5) is 89.2. The maximum absolute atomic E-state index is 14.4. The van der Waals surface area contributed by atoms with Crippen molar-refractivity contribution in [3.05, 3.63) is 47.6 Å². The minimum Gasteiger partial charge on any atom is -0.460 e. The van der Waals surface area contributed by atoms with Crippen LogP contribution < -0.4 is 0 Å². The Kier molecular flexibility index (Phi) is 23.1. The summed E-state index contributed by atoms with van der Waals surface area (Å²) in [6.45, 7) is 11.0. The van der Waals surface area contributed by atoms with Crippen LogP contribution in [0.4, 0.5) is 4.79 Å². The number of Topliss-reactive ketones (excluding diaryl/α,β-unsaturated/α-hetero) is 3. The van der Waals surface area contributed by atoms with Crippen molar-refractivity contribution in [1.82, 2.24) is 9.96 Å². The first-order chi connectivity index (χ1) is 33.2. The molecular formula is C53H82N2O15. The van der Waals surface area contributed by atoms with Crippen LogP contribution in [0.1, 0.15) is 125 Å². The van der Waals surface area contributed by atoms with E-state index in [1.807, 2.05) is 51.2 Å². The van der Waals surface area contributed by atoms with Crippen LogP contribution in [0.25, 0.3) is 0 Å². The van der Waals surface area contributed by atoms with Crippen molar-refractivity contribution < 1.29 is 72.2 Å². The molecule has 3 unspecified atom stereocenters. The molecule has 2 amide bonds. The number of allylic oxidation sites excluding steroid dienone is 6. The van der Waals surface area contributed by atoms with Crippen LogP contribution in [0.2, 0.25) is 0 Å². The molecule has 394 valence electrons. The number of ether oxygens (including phenoxy) is 6. The van der Waals surface area contributed by atoms with Gasteiger partial charge in [-0.2, -0.15) is 5.06 Å². The maximum atomic E-state index is 14.4. The molecule has 3 aliphatic heterocycles. The lowest BCUT2D eigenvalue weighted by atomic mass is 9.78. The van der Waals surface area contributed by atoms with Crippen molar-refractivity contribution in [3.8, 4) is 0 Å². The number of aliphatic hydroxyl groups excluding tert-OH is 1. The van der Waals surface area contributed by atoms with Crippen LogP contribution in [-0.2, 0) is 57.2 Å². The van der Waals surface area contributed by atoms with Crippen molar-refractivity contribution in [1.29, 1.82) is 0 Å². The molecule has 1 aliphatic carbocycles. The van der Waals surface area contributed by atoms with E-state index in [0.29, 0.717) is 69.8 Å². The fraction of sp³-hybridized carbons (Fsp3) is 0.736. The highest BCUT2D eigenvalue weighted by Gasteiger charge is 2.53. The number of hydrogen-bond donors (Lipinski definition) is 2. The second-order valence-corrected chi connectivity index (χ2v) is 20.2. The van der Waals surface area contributed by atoms with Crippen molar-refractivity contribution >= 4 is 35.3 Å². The van der Waals surface area contributed by atoms with Crippen molar-refractivity contribution in [2.75, 3.05) is 42.0 Å². The first-order valence-electron chi connectivity index (χ1n) is 25.1. The molecule has 1 saturated carbocycles. The highest BCUT2D eigenvalue weighted by Crippen LogP contribution is 2.38. The molecular weight excluding hydrogens is 905 g/mol. The normalized spacial score (nSPS) is 37.2. The molecule has 2 saturated heterocycles. The monoisotopic (exact) mass is 987 g/mol. The summed E-state index contributed by atoms with van der Waals surface area (Å²) >= 11 is 0. The first kappa shape index (κ1) is 58.5. The smallest absolute Gasteiger partial charge is 0.434 e. The SMILES string of the molecule is COC1C(=O)C(C)C[C@H](C)/C=C/C=C/C=C(\C)[C@@H](OC)C[C@@H]2CC[C@@H](C)[C@@](O)(O2)C(=O)C(=O)N2CCCCC2C(=O)O[C@H]([C@H](C)C[C@@H]2CC[C@@H](OC(=O)N(C)OC)[C@H](OC)C2)CC(=O)C/C=C(\C)[C@H]1O. The average molecular weight is 987 g/mol. The quantitative estimate of drug-likeness (QED) is 0.114. The number of hydroxylamine groups is 2. The van der Waals surface area contributed by atoms with E-state index in [0.717, 1.165) is 10.6 Å². The molecule has 17 nitrogen and oxygen atoms in total. The van der Waals surface area contributed by atoms with E-state index in [-0.39, 0.29) is 49.2 Å². The Balaban J connectivity index is 1.67. The molecule has 3 heterocycles. The lowest BCUT2D eigenvalue weighted by molar-refractivity contribution is -0.265. The molecule has 0 spiro atoms. The molecule has 3 fully saturated rings. The van der Waals surface area contributed by atoms with Gasteiger partial charge in [-0.15, -0.1) is 0 Å². The zero-order chi connectivity index (χ0) is 51.9. The molecule has 2 N–H and O–H groups in total. The summed E-state index contributed by atoms with van der Waals surface area (Å²) in [5.41, 5.74) is 1.24. The fourth-order valence-corrected chi connectivity index (χ4v) is 10.2. The van der Waals surface area contributed by atoms with Gasteiger partial charge in [-0.05, 0) is 107 Å². The number of carbonyl (C=O) groups is 6. The van der Waals surface area contributed by atoms with Crippen LogP contribution in [0.3, 0.4) is 0 Å². The third kappa shape index (κ3) is 15.7. The van der Waals surface area contributed by atoms with Gasteiger partial charge in [0.1, 0.15) is 36.2 Å². The molecule has 4 aliphatic rings. The van der Waals surface area contributed by atoms with Crippen molar-refractivity contribution in [2.45, 2.75) is 180 Å². The number of ketones is 3. The number of nitrogens with zero attached hydrogens (tertiary/aromatic N) is 2. The van der Waals surface area contributed by atoms with E-state index in [2.05, 4.69) is 0 Å². The number of hydrogen-bond acceptors (Lipinski definition) is 15. The van der Waals surface area contributed by atoms with E-state index in [9.17, 15) is 39.0 Å². The number of esters is 1. The molecule has 0 radical (unpaired) electrons. The van der Waals surface area contributed by atoms with E-state index < -0.39 is 96.1 Å². The summed E-state index contributed by atoms with van der Waals surface area (Å²) in [7, 11) is 7.29. The Labute approximate surface area is 415 Å². The second-order valence-electron chi connectivity index (χ2n) is 20.2. The van der Waals surface area contributed by atoms with Gasteiger partial charge in [0, 0.05) is 66.0 Å². The Bertz CT molecular complexity index is 1910. The first-order valence-corrected chi connectivity index (χ1v) is 25.1. The predicted octanol–water partition coefficient (Wildman–Crippen LogP) is 6.57. The number of aliphatic hydroxyl groups is 2. The largest absolute Gasteiger partial charge is 0.460 e. The van der Waals surface area contributed by atoms with Crippen LogP contribution in [-0.4, -0.2) is 152 Å². The Hall–Kier alpha value is -4.10. The molecule has 14 atom stereocenters. The molecule has 0 aromatic carbocycles. The number of fused-ring (bicyclic) bond motifs is 3. The third-order valence-electron chi connectivity index (χ3n) is 14.9. The van der Waals surface area contributed by atoms with Gasteiger partial charge < -0.3 is 43.5 Å². The van der Waals surface area contributed by atoms with Gasteiger partial charge in [0.2, 0.25) is 5.79 Å². The van der Waals surface area contributed by atoms with Crippen LogP contribution in [0, 0.1) is 29.6 Å². The summed E-state index contributed by atoms with van der Waals surface area (Å²) < 4.78 is 35.2. The number of piperidine rings is 1. The number of methoxy groups -OCH3 is 3. The zero-order valence-corrected chi connectivity index (χ0v) is 43.5. The lowest BCUT2D eigenvalue weighted by Crippen LogP contribution is -2.61. The molecule has 2 bridgehead atoms. The highest BCUT2D eigenvalue weighted by molar-refractivity contribution is 6.39. The maximum Gasteiger partial charge on any atom is 0.434 e. The number of rotatable bonds is 8. The van der Waals surface area contributed by atoms with Gasteiger partial charge in [-0.1, -0.05) is 64.2 Å². The molecule has 4 rings (SSSR count). The number of cyclic esters (lactones) is 1. The third-order valence-corrected chi connectivity index (χ3v) is 14.9. The van der Waals surface area contributed by atoms with Gasteiger partial charge in [0.15, 0.2) is 5.78 Å². The molecule has 17 heteroatoms. The Morgan fingerprint density at radius 3 is 2.29 bits per heavy atom. The van der Waals surface area contributed by atoms with Gasteiger partial charge in [0.05, 0.1) is 25.4 Å². The molecule has 0 aromatic heterocycles. The molecule has 70 heavy (non-hydrogen) atoms. The van der Waals surface area contributed by atoms with Gasteiger partial charge in [-0.25, -0.2) is 9.59 Å². The summed E-state index contributed by atoms with van der Waals surface area (Å²) in [5, 5.41) is 24.3. The van der Waals surface area contributed by atoms with Crippen LogP contribution >= 0.6 is 0 Å². The number of amides is 2. The topological polar surface area (TPSA) is 214 Å². The van der Waals surface area contributed by atoms with E-state index in [4.69, 9.17) is 33.3 Å². The Morgan fingerprint density at radius 1 is 0.886 bits per heavy atom.